The van der Waals surface area contributed by atoms with Crippen molar-refractivity contribution in [3.8, 4) is 0 Å². The molecule has 0 aromatic rings. The van der Waals surface area contributed by atoms with E-state index in [1.165, 1.54) is 0 Å². The fourth-order valence-corrected chi connectivity index (χ4v) is 1.88. The van der Waals surface area contributed by atoms with Crippen LogP contribution in [0.1, 0.15) is 25.7 Å². The minimum absolute atomic E-state index is 0.115. The largest absolute Gasteiger partial charge is 0.481 e. The van der Waals surface area contributed by atoms with Crippen molar-refractivity contribution in [1.82, 2.24) is 5.32 Å². The molecule has 0 aromatic heterocycles. The van der Waals surface area contributed by atoms with Gasteiger partial charge in [0, 0.05) is 35.1 Å². The molecule has 0 aliphatic heterocycles. The third-order valence-corrected chi connectivity index (χ3v) is 3.19. The molecule has 0 saturated heterocycles. The number of hydrogen-bond donors (Lipinski definition) is 4. The van der Waals surface area contributed by atoms with E-state index in [4.69, 9.17) is 15.9 Å². The van der Waals surface area contributed by atoms with Crippen molar-refractivity contribution in [3.05, 3.63) is 4.91 Å². The van der Waals surface area contributed by atoms with Crippen LogP contribution in [-0.4, -0.2) is 51.7 Å². The summed E-state index contributed by atoms with van der Waals surface area (Å²) in [5.74, 6) is -3.69. The highest BCUT2D eigenvalue weighted by atomic mass is 32.2. The Morgan fingerprint density at radius 2 is 1.77 bits per heavy atom. The van der Waals surface area contributed by atoms with Crippen LogP contribution in [0, 0.1) is 4.91 Å². The van der Waals surface area contributed by atoms with Crippen LogP contribution in [0.3, 0.4) is 0 Å². The van der Waals surface area contributed by atoms with Crippen LogP contribution in [0.2, 0.25) is 0 Å². The number of nitrogens with two attached hydrogens (primary N) is 1. The average Bonchev–Trinajstić information content (AvgIpc) is 2.46. The van der Waals surface area contributed by atoms with Gasteiger partial charge >= 0.3 is 11.9 Å². The van der Waals surface area contributed by atoms with Crippen LogP contribution in [0.4, 0.5) is 0 Å². The quantitative estimate of drug-likeness (QED) is 0.271. The summed E-state index contributed by atoms with van der Waals surface area (Å²) in [6, 6.07) is -2.26. The molecule has 0 heterocycles. The standard InChI is InChI=1S/C11H17N3O7S/c12-6(11(19)20)1-3-9(16)13-7(5-22-14-21)8(15)2-4-10(17)18/h6-7H,1-5,12H2,(H,13,16)(H,17,18)(H,19,20). The summed E-state index contributed by atoms with van der Waals surface area (Å²) >= 11 is 0.518. The van der Waals surface area contributed by atoms with E-state index < -0.39 is 42.1 Å². The number of Topliss-reactive ketones (excluding diaryl/α,β-unsaturated/α-hetero) is 1. The van der Waals surface area contributed by atoms with Gasteiger partial charge in [-0.25, -0.2) is 0 Å². The van der Waals surface area contributed by atoms with Crippen molar-refractivity contribution in [2.75, 3.05) is 5.75 Å². The Morgan fingerprint density at radius 1 is 1.14 bits per heavy atom. The second kappa shape index (κ2) is 10.7. The number of amides is 1. The third-order valence-electron chi connectivity index (χ3n) is 2.60. The lowest BCUT2D eigenvalue weighted by Gasteiger charge is -2.16. The van der Waals surface area contributed by atoms with Crippen molar-refractivity contribution >= 4 is 35.6 Å². The van der Waals surface area contributed by atoms with Crippen LogP contribution >= 0.6 is 11.9 Å². The zero-order valence-corrected chi connectivity index (χ0v) is 12.4. The molecule has 124 valence electrons. The van der Waals surface area contributed by atoms with Crippen molar-refractivity contribution in [2.45, 2.75) is 37.8 Å². The predicted molar refractivity (Wildman–Crippen MR) is 76.9 cm³/mol. The zero-order chi connectivity index (χ0) is 17.1. The summed E-state index contributed by atoms with van der Waals surface area (Å²) in [4.78, 5) is 54.4. The molecule has 2 unspecified atom stereocenters. The molecule has 0 fully saturated rings. The topological polar surface area (TPSA) is 176 Å². The summed E-state index contributed by atoms with van der Waals surface area (Å²) in [7, 11) is 0. The van der Waals surface area contributed by atoms with Gasteiger partial charge in [0.2, 0.25) is 5.91 Å². The number of hydrogen-bond acceptors (Lipinski definition) is 8. The second-order valence-corrected chi connectivity index (χ2v) is 5.07. The van der Waals surface area contributed by atoms with E-state index in [1.54, 1.807) is 0 Å². The van der Waals surface area contributed by atoms with Gasteiger partial charge in [-0.2, -0.15) is 0 Å². The molecule has 5 N–H and O–H groups in total. The van der Waals surface area contributed by atoms with Crippen LogP contribution in [0.5, 0.6) is 0 Å². The fourth-order valence-electron chi connectivity index (χ4n) is 1.40. The third kappa shape index (κ3) is 9.02. The molecule has 10 nitrogen and oxygen atoms in total. The molecule has 0 aliphatic rings. The van der Waals surface area contributed by atoms with E-state index in [-0.39, 0.29) is 25.0 Å². The number of aliphatic carboxylic acids is 2. The summed E-state index contributed by atoms with van der Waals surface area (Å²) < 4.78 is 2.51. The van der Waals surface area contributed by atoms with Crippen molar-refractivity contribution in [3.63, 3.8) is 0 Å². The Morgan fingerprint density at radius 3 is 2.27 bits per heavy atom. The first kappa shape index (κ1) is 20.0. The minimum atomic E-state index is -1.25. The molecule has 1 amide bonds. The molecule has 0 aromatic carbocycles. The van der Waals surface area contributed by atoms with Gasteiger partial charge in [-0.05, 0) is 6.42 Å². The Kier molecular flexibility index (Phi) is 9.70. The van der Waals surface area contributed by atoms with Crippen molar-refractivity contribution < 1.29 is 29.4 Å². The first-order chi connectivity index (χ1) is 10.3. The van der Waals surface area contributed by atoms with Crippen molar-refractivity contribution in [1.29, 1.82) is 0 Å². The molecule has 0 rings (SSSR count). The Balaban J connectivity index is 4.46. The molecule has 0 spiro atoms. The Labute approximate surface area is 129 Å². The van der Waals surface area contributed by atoms with Crippen LogP contribution < -0.4 is 11.1 Å². The van der Waals surface area contributed by atoms with Gasteiger partial charge in [-0.3, -0.25) is 19.2 Å². The number of rotatable bonds is 12. The highest BCUT2D eigenvalue weighted by Crippen LogP contribution is 2.08. The van der Waals surface area contributed by atoms with Crippen LogP contribution in [0.15, 0.2) is 4.58 Å². The molecular weight excluding hydrogens is 318 g/mol. The highest BCUT2D eigenvalue weighted by molar-refractivity contribution is 7.97. The lowest BCUT2D eigenvalue weighted by Crippen LogP contribution is -2.43. The lowest BCUT2D eigenvalue weighted by molar-refractivity contribution is -0.139. The number of carboxylic acid groups (broad SMARTS) is 2. The van der Waals surface area contributed by atoms with Gasteiger partial charge in [-0.15, -0.1) is 4.91 Å². The highest BCUT2D eigenvalue weighted by Gasteiger charge is 2.22. The van der Waals surface area contributed by atoms with E-state index in [2.05, 4.69) is 9.90 Å². The van der Waals surface area contributed by atoms with E-state index in [0.29, 0.717) is 11.9 Å². The fraction of sp³-hybridized carbons (Fsp3) is 0.636. The molecule has 0 bridgehead atoms. The molecule has 22 heavy (non-hydrogen) atoms. The molecule has 2 atom stereocenters. The number of carbonyl (C=O) groups excluding carboxylic acids is 2. The Hall–Kier alpha value is -2.01. The smallest absolute Gasteiger partial charge is 0.320 e. The average molecular weight is 335 g/mol. The first-order valence-corrected chi connectivity index (χ1v) is 7.19. The summed E-state index contributed by atoms with van der Waals surface area (Å²) in [5, 5.41) is 19.4. The van der Waals surface area contributed by atoms with E-state index in [1.807, 2.05) is 0 Å². The zero-order valence-electron chi connectivity index (χ0n) is 11.6. The minimum Gasteiger partial charge on any atom is -0.481 e. The summed E-state index contributed by atoms with van der Waals surface area (Å²) in [5.41, 5.74) is 5.24. The van der Waals surface area contributed by atoms with Crippen LogP contribution in [0.25, 0.3) is 0 Å². The molecule has 11 heteroatoms. The number of carboxylic acids is 2. The second-order valence-electron chi connectivity index (χ2n) is 4.33. The number of nitroso groups, excluding NO2 is 1. The SMILES string of the molecule is NC(CCC(=O)NC(CSN=O)C(=O)CCC(=O)O)C(=O)O. The molecular formula is C11H17N3O7S. The number of nitrogens with one attached hydrogen (secondary N) is 1. The maximum atomic E-state index is 11.8. The van der Waals surface area contributed by atoms with Gasteiger partial charge in [0.05, 0.1) is 12.5 Å². The number of carbonyl (C=O) groups is 4. The van der Waals surface area contributed by atoms with E-state index in [9.17, 15) is 24.1 Å². The van der Waals surface area contributed by atoms with Gasteiger partial charge < -0.3 is 21.3 Å². The van der Waals surface area contributed by atoms with E-state index >= 15 is 0 Å². The molecule has 0 aliphatic carbocycles. The predicted octanol–water partition coefficient (Wildman–Crippen LogP) is -0.488. The monoisotopic (exact) mass is 335 g/mol. The van der Waals surface area contributed by atoms with E-state index in [0.717, 1.165) is 0 Å². The maximum Gasteiger partial charge on any atom is 0.320 e. The normalized spacial score (nSPS) is 13.0. The Bertz CT molecular complexity index is 443. The van der Waals surface area contributed by atoms with Gasteiger partial charge in [0.25, 0.3) is 0 Å². The molecule has 0 saturated carbocycles. The van der Waals surface area contributed by atoms with Gasteiger partial charge in [-0.1, -0.05) is 0 Å². The van der Waals surface area contributed by atoms with Crippen molar-refractivity contribution in [2.24, 2.45) is 10.3 Å². The van der Waals surface area contributed by atoms with Gasteiger partial charge in [0.15, 0.2) is 5.78 Å². The number of ketones is 1. The first-order valence-electron chi connectivity index (χ1n) is 6.24. The van der Waals surface area contributed by atoms with Crippen LogP contribution in [-0.2, 0) is 19.2 Å². The lowest BCUT2D eigenvalue weighted by atomic mass is 10.1. The van der Waals surface area contributed by atoms with Gasteiger partial charge in [0.1, 0.15) is 6.04 Å². The summed E-state index contributed by atoms with van der Waals surface area (Å²) in [6.07, 6.45) is -1.02. The summed E-state index contributed by atoms with van der Waals surface area (Å²) in [6.45, 7) is 0. The maximum absolute atomic E-state index is 11.8. The molecule has 0 radical (unpaired) electrons. The number of nitrogens with zero attached hydrogens (tertiary/aromatic N) is 1.